The van der Waals surface area contributed by atoms with Gasteiger partial charge >= 0.3 is 0 Å². The number of nitrogens with one attached hydrogen (secondary N) is 3. The molecule has 8 heteroatoms. The van der Waals surface area contributed by atoms with Gasteiger partial charge in [0, 0.05) is 19.9 Å². The van der Waals surface area contributed by atoms with Crippen molar-refractivity contribution in [3.63, 3.8) is 0 Å². The zero-order valence-corrected chi connectivity index (χ0v) is 17.2. The van der Waals surface area contributed by atoms with Gasteiger partial charge in [-0.05, 0) is 30.0 Å². The molecule has 8 nitrogen and oxygen atoms in total. The van der Waals surface area contributed by atoms with E-state index in [-0.39, 0.29) is 18.2 Å². The zero-order valence-electron chi connectivity index (χ0n) is 17.2. The Kier molecular flexibility index (Phi) is 8.91. The summed E-state index contributed by atoms with van der Waals surface area (Å²) in [5.41, 5.74) is 1.37. The Morgan fingerprint density at radius 1 is 1.18 bits per heavy atom. The van der Waals surface area contributed by atoms with Crippen molar-refractivity contribution in [1.29, 1.82) is 0 Å². The van der Waals surface area contributed by atoms with E-state index in [0.717, 1.165) is 5.56 Å². The lowest BCUT2D eigenvalue weighted by Gasteiger charge is -2.31. The molecule has 1 rings (SSSR count). The zero-order chi connectivity index (χ0) is 21.3. The van der Waals surface area contributed by atoms with Crippen LogP contribution in [0, 0.1) is 11.3 Å². The fourth-order valence-corrected chi connectivity index (χ4v) is 3.25. The first-order chi connectivity index (χ1) is 13.1. The molecule has 3 amide bonds. The Morgan fingerprint density at radius 3 is 2.25 bits per heavy atom. The normalized spacial score (nSPS) is 14.0. The highest BCUT2D eigenvalue weighted by molar-refractivity contribution is 5.92. The van der Waals surface area contributed by atoms with E-state index in [1.807, 2.05) is 26.0 Å². The molecule has 28 heavy (non-hydrogen) atoms. The quantitative estimate of drug-likeness (QED) is 0.354. The summed E-state index contributed by atoms with van der Waals surface area (Å²) in [7, 11) is 3.07. The van der Waals surface area contributed by atoms with Crippen LogP contribution in [0.3, 0.4) is 0 Å². The number of carbonyl (C=O) groups excluding carboxylic acids is 3. The summed E-state index contributed by atoms with van der Waals surface area (Å²) >= 11 is 0. The molecule has 0 aliphatic carbocycles. The second-order valence-corrected chi connectivity index (χ2v) is 7.56. The fraction of sp³-hybridized carbons (Fsp3) is 0.550. The first-order valence-electron chi connectivity index (χ1n) is 9.23. The van der Waals surface area contributed by atoms with Crippen LogP contribution < -0.4 is 20.9 Å². The van der Waals surface area contributed by atoms with Gasteiger partial charge in [-0.15, -0.1) is 0 Å². The second kappa shape index (κ2) is 10.7. The molecule has 4 N–H and O–H groups in total. The predicted octanol–water partition coefficient (Wildman–Crippen LogP) is 1.42. The lowest BCUT2D eigenvalue weighted by Crippen LogP contribution is -2.52. The number of hydrogen-bond acceptors (Lipinski definition) is 5. The smallest absolute Gasteiger partial charge is 0.244 e. The van der Waals surface area contributed by atoms with Crippen molar-refractivity contribution in [2.45, 2.75) is 46.1 Å². The number of hydrogen-bond donors (Lipinski definition) is 4. The van der Waals surface area contributed by atoms with Crippen molar-refractivity contribution >= 4 is 17.7 Å². The third kappa shape index (κ3) is 6.84. The van der Waals surface area contributed by atoms with Gasteiger partial charge in [-0.2, -0.15) is 0 Å². The van der Waals surface area contributed by atoms with Crippen molar-refractivity contribution < 1.29 is 24.3 Å². The molecule has 0 radical (unpaired) electrons. The highest BCUT2D eigenvalue weighted by atomic mass is 16.5. The SMILES string of the molecule is CNC(=O)[C@H](Cc1ccc(OC)cc1)NC(=O)C(C)(CC(=O)NO)CC(C)C. The van der Waals surface area contributed by atoms with E-state index in [2.05, 4.69) is 10.6 Å². The Bertz CT molecular complexity index is 675. The molecule has 0 aromatic heterocycles. The molecule has 0 aliphatic rings. The van der Waals surface area contributed by atoms with Gasteiger partial charge in [0.05, 0.1) is 12.5 Å². The average Bonchev–Trinajstić information content (AvgIpc) is 2.66. The molecule has 1 unspecified atom stereocenters. The van der Waals surface area contributed by atoms with Crippen LogP contribution in [0.5, 0.6) is 5.75 Å². The number of hydroxylamine groups is 1. The average molecular weight is 393 g/mol. The van der Waals surface area contributed by atoms with Crippen molar-refractivity contribution in [2.24, 2.45) is 11.3 Å². The summed E-state index contributed by atoms with van der Waals surface area (Å²) in [5, 5.41) is 14.2. The fourth-order valence-electron chi connectivity index (χ4n) is 3.25. The lowest BCUT2D eigenvalue weighted by molar-refractivity contribution is -0.141. The van der Waals surface area contributed by atoms with E-state index in [1.54, 1.807) is 31.6 Å². The van der Waals surface area contributed by atoms with E-state index in [1.165, 1.54) is 7.05 Å². The maximum Gasteiger partial charge on any atom is 0.244 e. The van der Waals surface area contributed by atoms with Crippen molar-refractivity contribution in [1.82, 2.24) is 16.1 Å². The molecule has 0 heterocycles. The van der Waals surface area contributed by atoms with Crippen LogP contribution in [0.1, 0.15) is 39.2 Å². The van der Waals surface area contributed by atoms with Crippen LogP contribution in [0.4, 0.5) is 0 Å². The van der Waals surface area contributed by atoms with E-state index in [0.29, 0.717) is 18.6 Å². The molecule has 1 aromatic carbocycles. The van der Waals surface area contributed by atoms with Crippen LogP contribution in [0.25, 0.3) is 0 Å². The monoisotopic (exact) mass is 393 g/mol. The Balaban J connectivity index is 3.01. The van der Waals surface area contributed by atoms with Crippen molar-refractivity contribution in [3.8, 4) is 5.75 Å². The Hall–Kier alpha value is -2.61. The molecule has 0 spiro atoms. The van der Waals surface area contributed by atoms with Gasteiger partial charge in [0.2, 0.25) is 17.7 Å². The first kappa shape index (κ1) is 23.4. The minimum absolute atomic E-state index is 0.141. The third-order valence-electron chi connectivity index (χ3n) is 4.55. The molecule has 2 atom stereocenters. The number of likely N-dealkylation sites (N-methyl/N-ethyl adjacent to an activating group) is 1. The van der Waals surface area contributed by atoms with E-state index < -0.39 is 23.3 Å². The topological polar surface area (TPSA) is 117 Å². The van der Waals surface area contributed by atoms with Gasteiger partial charge in [0.1, 0.15) is 11.8 Å². The summed E-state index contributed by atoms with van der Waals surface area (Å²) in [6.45, 7) is 5.54. The van der Waals surface area contributed by atoms with Gasteiger partial charge in [-0.3, -0.25) is 19.6 Å². The summed E-state index contributed by atoms with van der Waals surface area (Å²) in [4.78, 5) is 37.0. The molecule has 0 saturated heterocycles. The third-order valence-corrected chi connectivity index (χ3v) is 4.55. The summed E-state index contributed by atoms with van der Waals surface area (Å²) in [6, 6.07) is 6.43. The van der Waals surface area contributed by atoms with E-state index in [4.69, 9.17) is 9.94 Å². The maximum absolute atomic E-state index is 13.0. The number of amides is 3. The Labute approximate surface area is 166 Å². The number of methoxy groups -OCH3 is 1. The van der Waals surface area contributed by atoms with Crippen LogP contribution in [-0.2, 0) is 20.8 Å². The van der Waals surface area contributed by atoms with Gasteiger partial charge in [-0.25, -0.2) is 5.48 Å². The number of benzene rings is 1. The van der Waals surface area contributed by atoms with Crippen LogP contribution in [0.15, 0.2) is 24.3 Å². The maximum atomic E-state index is 13.0. The standard InChI is InChI=1S/C20H31N3O5/c1-13(2)11-20(3,12-17(24)23-27)19(26)22-16(18(25)21-4)10-14-6-8-15(28-5)9-7-14/h6-9,13,16,27H,10-12H2,1-5H3,(H,21,25)(H,22,26)(H,23,24)/t16-,20?/m0/s1. The number of carbonyl (C=O) groups is 3. The van der Waals surface area contributed by atoms with Crippen LogP contribution >= 0.6 is 0 Å². The minimum Gasteiger partial charge on any atom is -0.497 e. The first-order valence-corrected chi connectivity index (χ1v) is 9.23. The molecule has 0 saturated carbocycles. The van der Waals surface area contributed by atoms with Gasteiger partial charge < -0.3 is 15.4 Å². The van der Waals surface area contributed by atoms with Crippen LogP contribution in [0.2, 0.25) is 0 Å². The molecule has 1 aromatic rings. The molecule has 0 aliphatic heterocycles. The summed E-state index contributed by atoms with van der Waals surface area (Å²) in [5.74, 6) is -0.550. The van der Waals surface area contributed by atoms with Gasteiger partial charge in [-0.1, -0.05) is 32.9 Å². The predicted molar refractivity (Wildman–Crippen MR) is 105 cm³/mol. The van der Waals surface area contributed by atoms with Crippen molar-refractivity contribution in [3.05, 3.63) is 29.8 Å². The highest BCUT2D eigenvalue weighted by Gasteiger charge is 2.38. The molecular formula is C20H31N3O5. The molecule has 0 fully saturated rings. The van der Waals surface area contributed by atoms with Crippen LogP contribution in [-0.4, -0.2) is 43.1 Å². The second-order valence-electron chi connectivity index (χ2n) is 7.56. The van der Waals surface area contributed by atoms with E-state index >= 15 is 0 Å². The Morgan fingerprint density at radius 2 is 1.79 bits per heavy atom. The molecule has 0 bridgehead atoms. The lowest BCUT2D eigenvalue weighted by atomic mass is 9.77. The molecular weight excluding hydrogens is 362 g/mol. The summed E-state index contributed by atoms with van der Waals surface area (Å²) in [6.07, 6.45) is 0.533. The van der Waals surface area contributed by atoms with Crippen molar-refractivity contribution in [2.75, 3.05) is 14.2 Å². The van der Waals surface area contributed by atoms with Gasteiger partial charge in [0.15, 0.2) is 0 Å². The largest absolute Gasteiger partial charge is 0.497 e. The number of rotatable bonds is 10. The minimum atomic E-state index is -1.06. The number of ether oxygens (including phenoxy) is 1. The van der Waals surface area contributed by atoms with Gasteiger partial charge in [0.25, 0.3) is 0 Å². The molecule has 156 valence electrons. The summed E-state index contributed by atoms with van der Waals surface area (Å²) < 4.78 is 5.13. The highest BCUT2D eigenvalue weighted by Crippen LogP contribution is 2.30. The van der Waals surface area contributed by atoms with E-state index in [9.17, 15) is 14.4 Å².